The zero-order chi connectivity index (χ0) is 17.4. The van der Waals surface area contributed by atoms with Crippen molar-refractivity contribution in [1.82, 2.24) is 4.90 Å². The summed E-state index contributed by atoms with van der Waals surface area (Å²) < 4.78 is 0. The van der Waals surface area contributed by atoms with E-state index in [0.717, 1.165) is 35.3 Å². The van der Waals surface area contributed by atoms with Gasteiger partial charge in [-0.25, -0.2) is 0 Å². The third-order valence-corrected chi connectivity index (χ3v) is 5.56. The minimum absolute atomic E-state index is 0.544. The Morgan fingerprint density at radius 2 is 1.29 bits per heavy atom. The van der Waals surface area contributed by atoms with Crippen LogP contribution in [0.4, 0.5) is 0 Å². The zero-order valence-electron chi connectivity index (χ0n) is 14.8. The minimum atomic E-state index is -1.41. The van der Waals surface area contributed by atoms with Crippen molar-refractivity contribution >= 4 is 0 Å². The van der Waals surface area contributed by atoms with Crippen molar-refractivity contribution in [1.29, 1.82) is 0 Å². The van der Waals surface area contributed by atoms with Crippen LogP contribution in [0, 0.1) is 13.8 Å². The molecule has 3 nitrogen and oxygen atoms in total. The first kappa shape index (κ1) is 17.2. The maximum atomic E-state index is 12.0. The Morgan fingerprint density at radius 1 is 0.875 bits per heavy atom. The molecule has 24 heavy (non-hydrogen) atoms. The van der Waals surface area contributed by atoms with Crippen LogP contribution < -0.4 is 0 Å². The molecular formula is C21H27NO2. The second kappa shape index (κ2) is 6.32. The molecule has 0 atom stereocenters. The lowest BCUT2D eigenvalue weighted by molar-refractivity contribution is -0.158. The summed E-state index contributed by atoms with van der Waals surface area (Å²) >= 11 is 0. The molecule has 0 spiro atoms. The Hall–Kier alpha value is -1.68. The number of hydrogen-bond acceptors (Lipinski definition) is 3. The Bertz CT molecular complexity index is 672. The first-order valence-electron chi connectivity index (χ1n) is 8.64. The largest absolute Gasteiger partial charge is 0.386 e. The molecule has 0 radical (unpaired) electrons. The van der Waals surface area contributed by atoms with Crippen molar-refractivity contribution in [3.8, 4) is 0 Å². The maximum Gasteiger partial charge on any atom is 0.144 e. The molecule has 1 fully saturated rings. The number of nitrogens with zero attached hydrogens (tertiary/aromatic N) is 1. The predicted octanol–water partition coefficient (Wildman–Crippen LogP) is 3.00. The quantitative estimate of drug-likeness (QED) is 0.912. The molecule has 0 unspecified atom stereocenters. The Kier molecular flexibility index (Phi) is 4.52. The van der Waals surface area contributed by atoms with Gasteiger partial charge in [-0.15, -0.1) is 0 Å². The first-order valence-corrected chi connectivity index (χ1v) is 8.64. The minimum Gasteiger partial charge on any atom is -0.386 e. The maximum absolute atomic E-state index is 12.0. The van der Waals surface area contributed by atoms with Crippen molar-refractivity contribution in [2.45, 2.75) is 37.9 Å². The molecular weight excluding hydrogens is 298 g/mol. The smallest absolute Gasteiger partial charge is 0.144 e. The SMILES string of the molecule is Cc1ccccc1C(O)(c1ccccc1C)C1(O)CCN(C)CC1. The number of likely N-dealkylation sites (tertiary alicyclic amines) is 1. The van der Waals surface area contributed by atoms with E-state index < -0.39 is 11.2 Å². The van der Waals surface area contributed by atoms with E-state index in [4.69, 9.17) is 0 Å². The fourth-order valence-corrected chi connectivity index (χ4v) is 3.95. The van der Waals surface area contributed by atoms with E-state index in [-0.39, 0.29) is 0 Å². The molecule has 1 aliphatic heterocycles. The predicted molar refractivity (Wildman–Crippen MR) is 97.0 cm³/mol. The summed E-state index contributed by atoms with van der Waals surface area (Å²) in [5, 5.41) is 23.6. The van der Waals surface area contributed by atoms with Crippen LogP contribution in [0.1, 0.15) is 35.1 Å². The summed E-state index contributed by atoms with van der Waals surface area (Å²) in [6, 6.07) is 15.7. The van der Waals surface area contributed by atoms with Gasteiger partial charge in [0.15, 0.2) is 0 Å². The van der Waals surface area contributed by atoms with E-state index in [9.17, 15) is 10.2 Å². The standard InChI is InChI=1S/C21H27NO2/c1-16-8-4-6-10-18(16)21(24,19-11-7-5-9-17(19)2)20(23)12-14-22(3)15-13-20/h4-11,23-24H,12-15H2,1-3H3. The van der Waals surface area contributed by atoms with Crippen molar-refractivity contribution < 1.29 is 10.2 Å². The van der Waals surface area contributed by atoms with Gasteiger partial charge in [0.25, 0.3) is 0 Å². The first-order chi connectivity index (χ1) is 11.4. The average Bonchev–Trinajstić information content (AvgIpc) is 2.58. The molecule has 0 amide bonds. The highest BCUT2D eigenvalue weighted by Gasteiger charge is 2.53. The van der Waals surface area contributed by atoms with Crippen LogP contribution >= 0.6 is 0 Å². The Balaban J connectivity index is 2.22. The monoisotopic (exact) mass is 325 g/mol. The van der Waals surface area contributed by atoms with Crippen LogP contribution in [0.25, 0.3) is 0 Å². The number of benzene rings is 2. The van der Waals surface area contributed by atoms with Gasteiger partial charge in [-0.2, -0.15) is 0 Å². The van der Waals surface area contributed by atoms with E-state index in [2.05, 4.69) is 11.9 Å². The van der Waals surface area contributed by atoms with Crippen molar-refractivity contribution in [2.24, 2.45) is 0 Å². The third kappa shape index (κ3) is 2.67. The van der Waals surface area contributed by atoms with E-state index in [0.29, 0.717) is 12.8 Å². The molecule has 1 saturated heterocycles. The topological polar surface area (TPSA) is 43.7 Å². The van der Waals surface area contributed by atoms with Gasteiger partial charge in [-0.05, 0) is 56.0 Å². The molecule has 128 valence electrons. The van der Waals surface area contributed by atoms with E-state index in [1.165, 1.54) is 0 Å². The van der Waals surface area contributed by atoms with Crippen LogP contribution in [0.2, 0.25) is 0 Å². The van der Waals surface area contributed by atoms with Crippen molar-refractivity contribution in [2.75, 3.05) is 20.1 Å². The summed E-state index contributed by atoms with van der Waals surface area (Å²) in [7, 11) is 2.06. The van der Waals surface area contributed by atoms with Crippen LogP contribution in [0.5, 0.6) is 0 Å². The second-order valence-corrected chi connectivity index (χ2v) is 7.18. The Morgan fingerprint density at radius 3 is 1.71 bits per heavy atom. The molecule has 3 heteroatoms. The van der Waals surface area contributed by atoms with Gasteiger partial charge in [0.05, 0.1) is 0 Å². The fourth-order valence-electron chi connectivity index (χ4n) is 3.95. The van der Waals surface area contributed by atoms with Gasteiger partial charge in [0, 0.05) is 13.1 Å². The van der Waals surface area contributed by atoms with E-state index >= 15 is 0 Å². The molecule has 1 heterocycles. The van der Waals surface area contributed by atoms with Gasteiger partial charge < -0.3 is 15.1 Å². The number of rotatable bonds is 3. The molecule has 2 N–H and O–H groups in total. The molecule has 0 aromatic heterocycles. The summed E-state index contributed by atoms with van der Waals surface area (Å²) in [5.74, 6) is 0. The highest BCUT2D eigenvalue weighted by atomic mass is 16.4. The van der Waals surface area contributed by atoms with Crippen LogP contribution in [-0.4, -0.2) is 40.9 Å². The summed E-state index contributed by atoms with van der Waals surface area (Å²) in [4.78, 5) is 2.20. The average molecular weight is 325 g/mol. The molecule has 0 bridgehead atoms. The zero-order valence-corrected chi connectivity index (χ0v) is 14.8. The van der Waals surface area contributed by atoms with Gasteiger partial charge in [0.2, 0.25) is 0 Å². The van der Waals surface area contributed by atoms with Crippen molar-refractivity contribution in [3.63, 3.8) is 0 Å². The highest BCUT2D eigenvalue weighted by Crippen LogP contribution is 2.46. The number of aryl methyl sites for hydroxylation is 2. The number of piperidine rings is 1. The van der Waals surface area contributed by atoms with E-state index in [1.54, 1.807) is 0 Å². The molecule has 2 aromatic rings. The lowest BCUT2D eigenvalue weighted by Crippen LogP contribution is -2.58. The normalized spacial score (nSPS) is 18.5. The van der Waals surface area contributed by atoms with Crippen LogP contribution in [0.3, 0.4) is 0 Å². The van der Waals surface area contributed by atoms with Crippen LogP contribution in [-0.2, 0) is 5.60 Å². The highest BCUT2D eigenvalue weighted by molar-refractivity contribution is 5.47. The summed E-state index contributed by atoms with van der Waals surface area (Å²) in [6.45, 7) is 5.54. The molecule has 0 saturated carbocycles. The van der Waals surface area contributed by atoms with Crippen molar-refractivity contribution in [3.05, 3.63) is 70.8 Å². The third-order valence-electron chi connectivity index (χ3n) is 5.56. The molecule has 1 aliphatic rings. The van der Waals surface area contributed by atoms with Crippen LogP contribution in [0.15, 0.2) is 48.5 Å². The van der Waals surface area contributed by atoms with Gasteiger partial charge in [-0.3, -0.25) is 0 Å². The molecule has 3 rings (SSSR count). The lowest BCUT2D eigenvalue weighted by Gasteiger charge is -2.49. The summed E-state index contributed by atoms with van der Waals surface area (Å²) in [6.07, 6.45) is 1.09. The second-order valence-electron chi connectivity index (χ2n) is 7.18. The number of aliphatic hydroxyl groups is 2. The van der Waals surface area contributed by atoms with Gasteiger partial charge in [0.1, 0.15) is 11.2 Å². The Labute approximate surface area is 144 Å². The van der Waals surface area contributed by atoms with Gasteiger partial charge >= 0.3 is 0 Å². The van der Waals surface area contributed by atoms with Gasteiger partial charge in [-0.1, -0.05) is 48.5 Å². The van der Waals surface area contributed by atoms with E-state index in [1.807, 2.05) is 62.4 Å². The molecule has 2 aromatic carbocycles. The fraction of sp³-hybridized carbons (Fsp3) is 0.429. The number of hydrogen-bond donors (Lipinski definition) is 2. The summed E-state index contributed by atoms with van der Waals surface area (Å²) in [5.41, 5.74) is 0.992. The molecule has 0 aliphatic carbocycles. The lowest BCUT2D eigenvalue weighted by atomic mass is 9.66.